The zero-order chi connectivity index (χ0) is 16.1. The maximum atomic E-state index is 13.6. The van der Waals surface area contributed by atoms with E-state index in [0.29, 0.717) is 0 Å². The van der Waals surface area contributed by atoms with Crippen LogP contribution in [0, 0.1) is 19.7 Å². The van der Waals surface area contributed by atoms with E-state index in [1.165, 1.54) is 12.1 Å². The smallest absolute Gasteiger partial charge is 0.227 e. The predicted octanol–water partition coefficient (Wildman–Crippen LogP) is 4.50. The number of nitrogens with one attached hydrogen (secondary N) is 1. The van der Waals surface area contributed by atoms with E-state index in [9.17, 15) is 9.18 Å². The molecular weight excluding hydrogens is 305 g/mol. The minimum absolute atomic E-state index is 0.112. The fourth-order valence-electron chi connectivity index (χ4n) is 1.92. The monoisotopic (exact) mass is 321 g/mol. The molecule has 1 amide bonds. The highest BCUT2D eigenvalue weighted by molar-refractivity contribution is 6.30. The molecule has 1 N–H and O–H groups in total. The molecule has 5 heteroatoms. The summed E-state index contributed by atoms with van der Waals surface area (Å²) >= 11 is 5.66. The van der Waals surface area contributed by atoms with Gasteiger partial charge in [0.1, 0.15) is 11.6 Å². The zero-order valence-corrected chi connectivity index (χ0v) is 13.2. The molecule has 116 valence electrons. The molecule has 0 aliphatic carbocycles. The van der Waals surface area contributed by atoms with Gasteiger partial charge in [0, 0.05) is 5.02 Å². The van der Waals surface area contributed by atoms with Gasteiger partial charge in [0.15, 0.2) is 0 Å². The number of benzene rings is 2. The van der Waals surface area contributed by atoms with Crippen molar-refractivity contribution < 1.29 is 13.9 Å². The first-order valence-electron chi connectivity index (χ1n) is 6.90. The van der Waals surface area contributed by atoms with Crippen LogP contribution in [-0.4, -0.2) is 12.5 Å². The molecule has 0 spiro atoms. The number of amides is 1. The number of carbonyl (C=O) groups excluding carboxylic acids is 1. The van der Waals surface area contributed by atoms with Crippen LogP contribution in [0.15, 0.2) is 36.4 Å². The van der Waals surface area contributed by atoms with Gasteiger partial charge in [-0.05, 0) is 49.2 Å². The second-order valence-corrected chi connectivity index (χ2v) is 5.48. The van der Waals surface area contributed by atoms with Crippen molar-refractivity contribution in [3.8, 4) is 5.75 Å². The maximum absolute atomic E-state index is 13.6. The number of hydrogen-bond acceptors (Lipinski definition) is 2. The summed E-state index contributed by atoms with van der Waals surface area (Å²) < 4.78 is 19.2. The van der Waals surface area contributed by atoms with E-state index < -0.39 is 5.82 Å². The van der Waals surface area contributed by atoms with Crippen LogP contribution >= 0.6 is 11.6 Å². The van der Waals surface area contributed by atoms with Crippen LogP contribution < -0.4 is 10.1 Å². The fourth-order valence-corrected chi connectivity index (χ4v) is 2.08. The normalized spacial score (nSPS) is 10.4. The molecule has 0 saturated heterocycles. The van der Waals surface area contributed by atoms with E-state index in [0.717, 1.165) is 22.9 Å². The van der Waals surface area contributed by atoms with Gasteiger partial charge in [-0.3, -0.25) is 4.79 Å². The average Bonchev–Trinajstić information content (AvgIpc) is 2.46. The Bertz CT molecular complexity index is 688. The van der Waals surface area contributed by atoms with Gasteiger partial charge in [0.2, 0.25) is 5.91 Å². The standard InChI is InChI=1S/C17H17ClFNO2/c1-11-3-4-12(2)16(9-11)22-8-7-17(21)20-15-6-5-13(18)10-14(15)19/h3-6,9-10H,7-8H2,1-2H3,(H,20,21). The number of ether oxygens (including phenoxy) is 1. The molecule has 2 aromatic rings. The van der Waals surface area contributed by atoms with Crippen molar-refractivity contribution in [2.75, 3.05) is 11.9 Å². The van der Waals surface area contributed by atoms with Crippen molar-refractivity contribution in [2.45, 2.75) is 20.3 Å². The van der Waals surface area contributed by atoms with E-state index in [-0.39, 0.29) is 29.6 Å². The van der Waals surface area contributed by atoms with Gasteiger partial charge in [-0.15, -0.1) is 0 Å². The van der Waals surface area contributed by atoms with Gasteiger partial charge < -0.3 is 10.1 Å². The summed E-state index contributed by atoms with van der Waals surface area (Å²) in [5.74, 6) is -0.117. The van der Waals surface area contributed by atoms with Crippen LogP contribution in [0.4, 0.5) is 10.1 Å². The van der Waals surface area contributed by atoms with E-state index in [1.807, 2.05) is 32.0 Å². The molecular formula is C17H17ClFNO2. The van der Waals surface area contributed by atoms with Crippen molar-refractivity contribution in [3.05, 3.63) is 58.4 Å². The Morgan fingerprint density at radius 2 is 2.00 bits per heavy atom. The Morgan fingerprint density at radius 3 is 2.73 bits per heavy atom. The molecule has 0 aliphatic heterocycles. The number of aryl methyl sites for hydroxylation is 2. The number of rotatable bonds is 5. The topological polar surface area (TPSA) is 38.3 Å². The second kappa shape index (κ2) is 7.27. The van der Waals surface area contributed by atoms with Crippen molar-refractivity contribution >= 4 is 23.2 Å². The van der Waals surface area contributed by atoms with Crippen LogP contribution in [0.2, 0.25) is 5.02 Å². The highest BCUT2D eigenvalue weighted by Crippen LogP contribution is 2.20. The molecule has 0 atom stereocenters. The van der Waals surface area contributed by atoms with Gasteiger partial charge in [-0.1, -0.05) is 23.7 Å². The first-order valence-corrected chi connectivity index (χ1v) is 7.28. The largest absolute Gasteiger partial charge is 0.493 e. The fraction of sp³-hybridized carbons (Fsp3) is 0.235. The SMILES string of the molecule is Cc1ccc(C)c(OCCC(=O)Nc2ccc(Cl)cc2F)c1. The first-order chi connectivity index (χ1) is 10.5. The highest BCUT2D eigenvalue weighted by Gasteiger charge is 2.08. The van der Waals surface area contributed by atoms with E-state index in [4.69, 9.17) is 16.3 Å². The van der Waals surface area contributed by atoms with Gasteiger partial charge >= 0.3 is 0 Å². The van der Waals surface area contributed by atoms with Crippen LogP contribution in [0.5, 0.6) is 5.75 Å². The summed E-state index contributed by atoms with van der Waals surface area (Å²) in [4.78, 5) is 11.8. The molecule has 0 fully saturated rings. The minimum Gasteiger partial charge on any atom is -0.493 e. The predicted molar refractivity (Wildman–Crippen MR) is 86.1 cm³/mol. The Hall–Kier alpha value is -2.07. The number of hydrogen-bond donors (Lipinski definition) is 1. The third-order valence-corrected chi connectivity index (χ3v) is 3.37. The minimum atomic E-state index is -0.559. The number of anilines is 1. The van der Waals surface area contributed by atoms with Crippen LogP contribution in [-0.2, 0) is 4.79 Å². The Kier molecular flexibility index (Phi) is 5.39. The summed E-state index contributed by atoms with van der Waals surface area (Å²) in [6.45, 7) is 4.14. The van der Waals surface area contributed by atoms with E-state index in [1.54, 1.807) is 0 Å². The number of halogens is 2. The lowest BCUT2D eigenvalue weighted by Gasteiger charge is -2.10. The Balaban J connectivity index is 1.86. The van der Waals surface area contributed by atoms with Gasteiger partial charge in [0.25, 0.3) is 0 Å². The van der Waals surface area contributed by atoms with Gasteiger partial charge in [-0.2, -0.15) is 0 Å². The van der Waals surface area contributed by atoms with Crippen molar-refractivity contribution in [2.24, 2.45) is 0 Å². The molecule has 0 bridgehead atoms. The third-order valence-electron chi connectivity index (χ3n) is 3.14. The Morgan fingerprint density at radius 1 is 1.23 bits per heavy atom. The van der Waals surface area contributed by atoms with Crippen molar-refractivity contribution in [3.63, 3.8) is 0 Å². The van der Waals surface area contributed by atoms with Gasteiger partial charge in [0.05, 0.1) is 18.7 Å². The lowest BCUT2D eigenvalue weighted by molar-refractivity contribution is -0.116. The second-order valence-electron chi connectivity index (χ2n) is 5.04. The number of carbonyl (C=O) groups is 1. The molecule has 22 heavy (non-hydrogen) atoms. The van der Waals surface area contributed by atoms with E-state index >= 15 is 0 Å². The molecule has 2 aromatic carbocycles. The summed E-state index contributed by atoms with van der Waals surface area (Å²) in [5, 5.41) is 2.78. The lowest BCUT2D eigenvalue weighted by Crippen LogP contribution is -2.16. The first kappa shape index (κ1) is 16.3. The molecule has 3 nitrogen and oxygen atoms in total. The summed E-state index contributed by atoms with van der Waals surface area (Å²) in [7, 11) is 0. The lowest BCUT2D eigenvalue weighted by atomic mass is 10.1. The third kappa shape index (κ3) is 4.46. The molecule has 0 saturated carbocycles. The van der Waals surface area contributed by atoms with Crippen LogP contribution in [0.1, 0.15) is 17.5 Å². The quantitative estimate of drug-likeness (QED) is 0.880. The van der Waals surface area contributed by atoms with E-state index in [2.05, 4.69) is 5.32 Å². The molecule has 0 unspecified atom stereocenters. The summed E-state index contributed by atoms with van der Waals surface area (Å²) in [5.41, 5.74) is 2.21. The van der Waals surface area contributed by atoms with Crippen molar-refractivity contribution in [1.82, 2.24) is 0 Å². The highest BCUT2D eigenvalue weighted by atomic mass is 35.5. The summed E-state index contributed by atoms with van der Waals surface area (Å²) in [6.07, 6.45) is 0.134. The Labute approximate surface area is 134 Å². The molecule has 0 aliphatic rings. The molecule has 0 aromatic heterocycles. The molecule has 0 radical (unpaired) electrons. The van der Waals surface area contributed by atoms with Crippen molar-refractivity contribution in [1.29, 1.82) is 0 Å². The summed E-state index contributed by atoms with van der Waals surface area (Å²) in [6, 6.07) is 10.00. The maximum Gasteiger partial charge on any atom is 0.227 e. The van der Waals surface area contributed by atoms with Gasteiger partial charge in [-0.25, -0.2) is 4.39 Å². The molecule has 0 heterocycles. The molecule has 2 rings (SSSR count). The van der Waals surface area contributed by atoms with Crippen LogP contribution in [0.25, 0.3) is 0 Å². The zero-order valence-electron chi connectivity index (χ0n) is 12.5. The van der Waals surface area contributed by atoms with Crippen LogP contribution in [0.3, 0.4) is 0 Å². The average molecular weight is 322 g/mol.